The van der Waals surface area contributed by atoms with Crippen LogP contribution in [0, 0.1) is 11.3 Å². The van der Waals surface area contributed by atoms with E-state index in [1.54, 1.807) is 6.07 Å². The number of nitrogens with zero attached hydrogens (tertiary/aromatic N) is 1. The summed E-state index contributed by atoms with van der Waals surface area (Å²) >= 11 is 0. The molecule has 0 aromatic heterocycles. The number of hydrogen-bond acceptors (Lipinski definition) is 4. The summed E-state index contributed by atoms with van der Waals surface area (Å²) in [5.74, 6) is 0.176. The van der Waals surface area contributed by atoms with Crippen molar-refractivity contribution < 1.29 is 22.6 Å². The topological polar surface area (TPSA) is 68.3 Å². The van der Waals surface area contributed by atoms with Gasteiger partial charge in [0.25, 0.3) is 0 Å². The number of nitrogen functional groups attached to an aromatic ring is 1. The van der Waals surface area contributed by atoms with Crippen molar-refractivity contribution in [3.63, 3.8) is 0 Å². The maximum absolute atomic E-state index is 12.0. The van der Waals surface area contributed by atoms with E-state index in [-0.39, 0.29) is 22.8 Å². The van der Waals surface area contributed by atoms with Crippen molar-refractivity contribution >= 4 is 5.69 Å². The molecule has 7 heteroatoms. The van der Waals surface area contributed by atoms with Crippen molar-refractivity contribution in [3.8, 4) is 23.3 Å². The minimum Gasteiger partial charge on any atom is -0.456 e. The largest absolute Gasteiger partial charge is 0.573 e. The lowest BCUT2D eigenvalue weighted by Crippen LogP contribution is -2.16. The Morgan fingerprint density at radius 3 is 2.19 bits per heavy atom. The van der Waals surface area contributed by atoms with Gasteiger partial charge in [-0.2, -0.15) is 5.26 Å². The van der Waals surface area contributed by atoms with E-state index >= 15 is 0 Å². The fraction of sp³-hybridized carbons (Fsp3) is 0.0714. The Bertz CT molecular complexity index is 676. The molecule has 2 aromatic rings. The maximum Gasteiger partial charge on any atom is 0.573 e. The Labute approximate surface area is 118 Å². The average molecular weight is 294 g/mol. The molecule has 0 amide bonds. The summed E-state index contributed by atoms with van der Waals surface area (Å²) in [5.41, 5.74) is 6.18. The van der Waals surface area contributed by atoms with Gasteiger partial charge in [0.05, 0.1) is 5.56 Å². The number of anilines is 1. The monoisotopic (exact) mass is 294 g/mol. The number of nitriles is 1. The van der Waals surface area contributed by atoms with E-state index in [4.69, 9.17) is 15.7 Å². The molecule has 0 aliphatic heterocycles. The lowest BCUT2D eigenvalue weighted by Gasteiger charge is -2.10. The number of alkyl halides is 3. The molecule has 0 fully saturated rings. The standard InChI is InChI=1S/C14H9F3N2O2/c15-14(16,17)21-12-4-2-11(3-5-12)20-13-6-1-10(19)7-9(13)8-18/h1-7H,19H2. The van der Waals surface area contributed by atoms with Gasteiger partial charge in [0.1, 0.15) is 23.3 Å². The molecule has 0 unspecified atom stereocenters. The molecule has 0 saturated heterocycles. The van der Waals surface area contributed by atoms with Gasteiger partial charge >= 0.3 is 6.36 Å². The van der Waals surface area contributed by atoms with Crippen LogP contribution < -0.4 is 15.2 Å². The van der Waals surface area contributed by atoms with E-state index in [9.17, 15) is 13.2 Å². The van der Waals surface area contributed by atoms with Crippen LogP contribution in [0.4, 0.5) is 18.9 Å². The molecule has 0 aliphatic rings. The Kier molecular flexibility index (Phi) is 3.89. The van der Waals surface area contributed by atoms with E-state index in [0.29, 0.717) is 5.69 Å². The summed E-state index contributed by atoms with van der Waals surface area (Å²) in [6.07, 6.45) is -4.74. The number of halogens is 3. The number of hydrogen-bond donors (Lipinski definition) is 1. The first-order valence-corrected chi connectivity index (χ1v) is 5.71. The SMILES string of the molecule is N#Cc1cc(N)ccc1Oc1ccc(OC(F)(F)F)cc1. The van der Waals surface area contributed by atoms with Gasteiger partial charge in [0, 0.05) is 5.69 Å². The van der Waals surface area contributed by atoms with Crippen LogP contribution in [0.5, 0.6) is 17.2 Å². The molecule has 4 nitrogen and oxygen atoms in total. The van der Waals surface area contributed by atoms with Crippen molar-refractivity contribution in [3.05, 3.63) is 48.0 Å². The van der Waals surface area contributed by atoms with Crippen LogP contribution in [0.25, 0.3) is 0 Å². The number of rotatable bonds is 3. The van der Waals surface area contributed by atoms with Crippen LogP contribution in [0.3, 0.4) is 0 Å². The summed E-state index contributed by atoms with van der Waals surface area (Å²) < 4.78 is 45.2. The third kappa shape index (κ3) is 4.04. The highest BCUT2D eigenvalue weighted by molar-refractivity contribution is 5.54. The van der Waals surface area contributed by atoms with Crippen molar-refractivity contribution in [2.24, 2.45) is 0 Å². The van der Waals surface area contributed by atoms with E-state index in [0.717, 1.165) is 12.1 Å². The predicted octanol–water partition coefficient (Wildman–Crippen LogP) is 3.83. The van der Waals surface area contributed by atoms with Crippen molar-refractivity contribution in [2.45, 2.75) is 6.36 Å². The second kappa shape index (κ2) is 5.63. The van der Waals surface area contributed by atoms with Crippen LogP contribution in [0.1, 0.15) is 5.56 Å². The first-order chi connectivity index (χ1) is 9.87. The summed E-state index contributed by atoms with van der Waals surface area (Å²) in [7, 11) is 0. The molecule has 0 heterocycles. The second-order valence-corrected chi connectivity index (χ2v) is 3.99. The Morgan fingerprint density at radius 1 is 1.00 bits per heavy atom. The highest BCUT2D eigenvalue weighted by atomic mass is 19.4. The minimum absolute atomic E-state index is 0.227. The first-order valence-electron chi connectivity index (χ1n) is 5.71. The highest BCUT2D eigenvalue weighted by Crippen LogP contribution is 2.29. The molecule has 0 spiro atoms. The molecule has 2 N–H and O–H groups in total. The average Bonchev–Trinajstić information content (AvgIpc) is 2.41. The lowest BCUT2D eigenvalue weighted by molar-refractivity contribution is -0.274. The number of benzene rings is 2. The Balaban J connectivity index is 2.16. The van der Waals surface area contributed by atoms with E-state index in [1.165, 1.54) is 24.3 Å². The quantitative estimate of drug-likeness (QED) is 0.873. The summed E-state index contributed by atoms with van der Waals surface area (Å²) in [6, 6.07) is 11.3. The fourth-order valence-electron chi connectivity index (χ4n) is 1.56. The van der Waals surface area contributed by atoms with E-state index in [2.05, 4.69) is 4.74 Å². The van der Waals surface area contributed by atoms with Gasteiger partial charge in [0.2, 0.25) is 0 Å². The summed E-state index contributed by atoms with van der Waals surface area (Å²) in [5, 5.41) is 8.96. The second-order valence-electron chi connectivity index (χ2n) is 3.99. The van der Waals surface area contributed by atoms with Gasteiger partial charge in [-0.1, -0.05) is 0 Å². The van der Waals surface area contributed by atoms with Gasteiger partial charge in [-0.05, 0) is 42.5 Å². The zero-order valence-corrected chi connectivity index (χ0v) is 10.5. The van der Waals surface area contributed by atoms with E-state index < -0.39 is 6.36 Å². The number of nitrogens with two attached hydrogens (primary N) is 1. The molecular weight excluding hydrogens is 285 g/mol. The summed E-state index contributed by atoms with van der Waals surface area (Å²) in [4.78, 5) is 0. The van der Waals surface area contributed by atoms with Gasteiger partial charge < -0.3 is 15.2 Å². The van der Waals surface area contributed by atoms with Crippen LogP contribution in [0.15, 0.2) is 42.5 Å². The molecule has 0 bridgehead atoms. The smallest absolute Gasteiger partial charge is 0.456 e. The molecule has 108 valence electrons. The number of ether oxygens (including phenoxy) is 2. The van der Waals surface area contributed by atoms with Crippen LogP contribution in [-0.4, -0.2) is 6.36 Å². The molecule has 2 rings (SSSR count). The predicted molar refractivity (Wildman–Crippen MR) is 68.8 cm³/mol. The van der Waals surface area contributed by atoms with Gasteiger partial charge in [0.15, 0.2) is 0 Å². The molecule has 0 atom stereocenters. The van der Waals surface area contributed by atoms with Crippen LogP contribution in [-0.2, 0) is 0 Å². The van der Waals surface area contributed by atoms with E-state index in [1.807, 2.05) is 6.07 Å². The maximum atomic E-state index is 12.0. The first kappa shape index (κ1) is 14.5. The van der Waals surface area contributed by atoms with Gasteiger partial charge in [-0.25, -0.2) is 0 Å². The molecular formula is C14H9F3N2O2. The minimum atomic E-state index is -4.74. The molecule has 0 aliphatic carbocycles. The van der Waals surface area contributed by atoms with Crippen molar-refractivity contribution in [1.29, 1.82) is 5.26 Å². The van der Waals surface area contributed by atoms with Gasteiger partial charge in [-0.15, -0.1) is 13.2 Å². The third-order valence-corrected chi connectivity index (χ3v) is 2.41. The third-order valence-electron chi connectivity index (χ3n) is 2.41. The van der Waals surface area contributed by atoms with Gasteiger partial charge in [-0.3, -0.25) is 0 Å². The Morgan fingerprint density at radius 2 is 1.62 bits per heavy atom. The molecule has 2 aromatic carbocycles. The van der Waals surface area contributed by atoms with Crippen LogP contribution >= 0.6 is 0 Å². The Hall–Kier alpha value is -2.88. The summed E-state index contributed by atoms with van der Waals surface area (Å²) in [6.45, 7) is 0. The zero-order valence-electron chi connectivity index (χ0n) is 10.5. The zero-order chi connectivity index (χ0) is 15.5. The van der Waals surface area contributed by atoms with Crippen molar-refractivity contribution in [2.75, 3.05) is 5.73 Å². The molecule has 0 radical (unpaired) electrons. The van der Waals surface area contributed by atoms with Crippen molar-refractivity contribution in [1.82, 2.24) is 0 Å². The lowest BCUT2D eigenvalue weighted by atomic mass is 10.2. The fourth-order valence-corrected chi connectivity index (χ4v) is 1.56. The van der Waals surface area contributed by atoms with Crippen LogP contribution in [0.2, 0.25) is 0 Å². The highest BCUT2D eigenvalue weighted by Gasteiger charge is 2.30. The normalized spacial score (nSPS) is 10.8. The molecule has 0 saturated carbocycles. The molecule has 21 heavy (non-hydrogen) atoms.